The number of ether oxygens (including phenoxy) is 2. The number of hydrogen-bond acceptors (Lipinski definition) is 6. The lowest BCUT2D eigenvalue weighted by molar-refractivity contribution is -0.385. The van der Waals surface area contributed by atoms with Crippen molar-refractivity contribution in [2.24, 2.45) is 0 Å². The number of carbonyl (C=O) groups excluding carboxylic acids is 1. The average molecular weight is 362 g/mol. The Kier molecular flexibility index (Phi) is 6.10. The maximum absolute atomic E-state index is 11.5. The molecule has 0 unspecified atom stereocenters. The zero-order valence-corrected chi connectivity index (χ0v) is 12.6. The fourth-order valence-electron chi connectivity index (χ4n) is 1.51. The highest BCUT2D eigenvalue weighted by Crippen LogP contribution is 2.35. The molecule has 0 aliphatic carbocycles. The number of ketones is 1. The number of hydrogen-bond donors (Lipinski definition) is 1. The number of halogens is 1. The van der Waals surface area contributed by atoms with Crippen LogP contribution in [0.3, 0.4) is 0 Å². The minimum absolute atomic E-state index is 0.0553. The number of aliphatic carboxylic acids is 1. The van der Waals surface area contributed by atoms with Crippen LogP contribution >= 0.6 is 15.9 Å². The van der Waals surface area contributed by atoms with E-state index in [1.54, 1.807) is 0 Å². The van der Waals surface area contributed by atoms with Gasteiger partial charge in [0.25, 0.3) is 11.5 Å². The number of benzene rings is 1. The maximum Gasteiger partial charge on any atom is 0.377 e. The molecule has 0 aliphatic rings. The second-order valence-corrected chi connectivity index (χ2v) is 4.60. The molecule has 0 saturated carbocycles. The first-order valence-corrected chi connectivity index (χ1v) is 6.87. The minimum Gasteiger partial charge on any atom is -0.493 e. The molecule has 9 heteroatoms. The van der Waals surface area contributed by atoms with Gasteiger partial charge in [-0.05, 0) is 6.42 Å². The van der Waals surface area contributed by atoms with Gasteiger partial charge in [-0.2, -0.15) is 0 Å². The highest BCUT2D eigenvalue weighted by atomic mass is 79.9. The molecule has 0 fully saturated rings. The molecule has 0 amide bonds. The molecule has 0 aromatic heterocycles. The van der Waals surface area contributed by atoms with Gasteiger partial charge in [-0.25, -0.2) is 4.79 Å². The summed E-state index contributed by atoms with van der Waals surface area (Å²) in [7, 11) is 1.29. The van der Waals surface area contributed by atoms with Crippen molar-refractivity contribution in [1.82, 2.24) is 0 Å². The summed E-state index contributed by atoms with van der Waals surface area (Å²) in [5.41, 5.74) is -1.20. The summed E-state index contributed by atoms with van der Waals surface area (Å²) in [6.07, 6.45) is 0.659. The Morgan fingerprint density at radius 2 is 2.05 bits per heavy atom. The van der Waals surface area contributed by atoms with Crippen LogP contribution in [0.4, 0.5) is 5.69 Å². The molecule has 0 aliphatic heterocycles. The van der Waals surface area contributed by atoms with Crippen molar-refractivity contribution in [3.05, 3.63) is 27.8 Å². The molecule has 1 aromatic carbocycles. The van der Waals surface area contributed by atoms with Gasteiger partial charge >= 0.3 is 5.97 Å². The monoisotopic (exact) mass is 361 g/mol. The number of nitrogens with zero attached hydrogens (tertiary/aromatic N) is 1. The number of nitro groups is 1. The van der Waals surface area contributed by atoms with Crippen LogP contribution in [0, 0.1) is 10.1 Å². The van der Waals surface area contributed by atoms with E-state index in [0.29, 0.717) is 11.8 Å². The molecule has 1 rings (SSSR count). The van der Waals surface area contributed by atoms with E-state index in [-0.39, 0.29) is 18.1 Å². The Labute approximate surface area is 127 Å². The summed E-state index contributed by atoms with van der Waals surface area (Å²) in [5.74, 6) is -3.04. The van der Waals surface area contributed by atoms with E-state index in [1.165, 1.54) is 7.11 Å². The Morgan fingerprint density at radius 1 is 1.38 bits per heavy atom. The summed E-state index contributed by atoms with van der Waals surface area (Å²) < 4.78 is 10.3. The smallest absolute Gasteiger partial charge is 0.377 e. The first kappa shape index (κ1) is 16.9. The predicted molar refractivity (Wildman–Crippen MR) is 75.5 cm³/mol. The Hall–Kier alpha value is -2.16. The van der Waals surface area contributed by atoms with Gasteiger partial charge in [-0.1, -0.05) is 15.9 Å². The lowest BCUT2D eigenvalue weighted by atomic mass is 10.1. The summed E-state index contributed by atoms with van der Waals surface area (Å²) >= 11 is 3.21. The lowest BCUT2D eigenvalue weighted by Crippen LogP contribution is -2.15. The summed E-state index contributed by atoms with van der Waals surface area (Å²) in [6, 6.07) is 1.99. The standard InChI is InChI=1S/C12H12BrNO7/c1-20-9-5-7(11(15)12(16)17)8(14(18)19)6-10(9)21-4-2-3-13/h5-6H,2-4H2,1H3,(H,16,17). The number of alkyl halides is 1. The average Bonchev–Trinajstić information content (AvgIpc) is 2.45. The number of carboxylic acid groups (broad SMARTS) is 1. The second kappa shape index (κ2) is 7.58. The topological polar surface area (TPSA) is 116 Å². The third-order valence-corrected chi connectivity index (χ3v) is 3.01. The van der Waals surface area contributed by atoms with Crippen molar-refractivity contribution < 1.29 is 29.1 Å². The van der Waals surface area contributed by atoms with Gasteiger partial charge in [0, 0.05) is 11.4 Å². The molecule has 0 heterocycles. The third-order valence-electron chi connectivity index (χ3n) is 2.45. The predicted octanol–water partition coefficient (Wildman–Crippen LogP) is 2.03. The normalized spacial score (nSPS) is 10.0. The first-order chi connectivity index (χ1) is 9.92. The van der Waals surface area contributed by atoms with E-state index in [0.717, 1.165) is 12.1 Å². The van der Waals surface area contributed by atoms with Crippen molar-refractivity contribution in [2.75, 3.05) is 19.0 Å². The molecule has 0 bridgehead atoms. The van der Waals surface area contributed by atoms with Crippen LogP contribution in [0.15, 0.2) is 12.1 Å². The van der Waals surface area contributed by atoms with Crippen LogP contribution in [0.25, 0.3) is 0 Å². The number of rotatable bonds is 8. The molecule has 21 heavy (non-hydrogen) atoms. The van der Waals surface area contributed by atoms with Crippen molar-refractivity contribution in [2.45, 2.75) is 6.42 Å². The van der Waals surface area contributed by atoms with E-state index in [2.05, 4.69) is 15.9 Å². The molecule has 0 atom stereocenters. The Balaban J connectivity index is 3.30. The van der Waals surface area contributed by atoms with Crippen LogP contribution in [0.5, 0.6) is 11.5 Å². The molecule has 0 radical (unpaired) electrons. The number of carbonyl (C=O) groups is 2. The molecule has 8 nitrogen and oxygen atoms in total. The van der Waals surface area contributed by atoms with Gasteiger partial charge in [0.05, 0.1) is 24.7 Å². The zero-order valence-electron chi connectivity index (χ0n) is 11.0. The molecular formula is C12H12BrNO7. The SMILES string of the molecule is COc1cc(C(=O)C(=O)O)c([N+](=O)[O-])cc1OCCCBr. The first-order valence-electron chi connectivity index (χ1n) is 5.75. The van der Waals surface area contributed by atoms with E-state index >= 15 is 0 Å². The second-order valence-electron chi connectivity index (χ2n) is 3.80. The summed E-state index contributed by atoms with van der Waals surface area (Å²) in [5, 5.41) is 20.4. The Morgan fingerprint density at radius 3 is 2.52 bits per heavy atom. The number of Topliss-reactive ketones (excluding diaryl/α,β-unsaturated/α-hetero) is 1. The van der Waals surface area contributed by atoms with Crippen molar-refractivity contribution in [1.29, 1.82) is 0 Å². The van der Waals surface area contributed by atoms with Gasteiger partial charge in [0.15, 0.2) is 11.5 Å². The van der Waals surface area contributed by atoms with Gasteiger partial charge in [0.2, 0.25) is 0 Å². The minimum atomic E-state index is -1.78. The van der Waals surface area contributed by atoms with Crippen molar-refractivity contribution >= 4 is 33.4 Å². The van der Waals surface area contributed by atoms with Crippen molar-refractivity contribution in [3.8, 4) is 11.5 Å². The van der Waals surface area contributed by atoms with Crippen molar-refractivity contribution in [3.63, 3.8) is 0 Å². The highest BCUT2D eigenvalue weighted by Gasteiger charge is 2.28. The molecule has 1 aromatic rings. The van der Waals surface area contributed by atoms with Crippen LogP contribution in [-0.2, 0) is 4.79 Å². The van der Waals surface area contributed by atoms with Crippen LogP contribution in [0.2, 0.25) is 0 Å². The molecule has 0 saturated heterocycles. The molecule has 114 valence electrons. The van der Waals surface area contributed by atoms with Crippen LogP contribution in [0.1, 0.15) is 16.8 Å². The summed E-state index contributed by atoms with van der Waals surface area (Å²) in [6.45, 7) is 0.283. The molecule has 1 N–H and O–H groups in total. The fourth-order valence-corrected chi connectivity index (χ4v) is 1.74. The zero-order chi connectivity index (χ0) is 16.0. The summed E-state index contributed by atoms with van der Waals surface area (Å²) in [4.78, 5) is 32.4. The van der Waals surface area contributed by atoms with Gasteiger partial charge in [0.1, 0.15) is 5.56 Å². The molecule has 0 spiro atoms. The number of methoxy groups -OCH3 is 1. The number of nitro benzene ring substituents is 1. The number of carboxylic acids is 1. The van der Waals surface area contributed by atoms with E-state index < -0.39 is 27.9 Å². The van der Waals surface area contributed by atoms with Gasteiger partial charge in [-0.3, -0.25) is 14.9 Å². The fraction of sp³-hybridized carbons (Fsp3) is 0.333. The van der Waals surface area contributed by atoms with Gasteiger partial charge in [-0.15, -0.1) is 0 Å². The van der Waals surface area contributed by atoms with Gasteiger partial charge < -0.3 is 14.6 Å². The van der Waals surface area contributed by atoms with Crippen LogP contribution < -0.4 is 9.47 Å². The molecular weight excluding hydrogens is 350 g/mol. The van der Waals surface area contributed by atoms with Crippen LogP contribution in [-0.4, -0.2) is 40.8 Å². The van der Waals surface area contributed by atoms with E-state index in [9.17, 15) is 19.7 Å². The highest BCUT2D eigenvalue weighted by molar-refractivity contribution is 9.09. The Bertz CT molecular complexity index is 573. The quantitative estimate of drug-likeness (QED) is 0.188. The largest absolute Gasteiger partial charge is 0.493 e. The van der Waals surface area contributed by atoms with E-state index in [1.807, 2.05) is 0 Å². The lowest BCUT2D eigenvalue weighted by Gasteiger charge is -2.11. The third kappa shape index (κ3) is 4.15. The maximum atomic E-state index is 11.5. The van der Waals surface area contributed by atoms with E-state index in [4.69, 9.17) is 14.6 Å².